The molecule has 0 aromatic heterocycles. The third-order valence-corrected chi connectivity index (χ3v) is 2.21. The standard InChI is InChI=1S/C8H7ClINO/c9-6-1-5(8(12)4-11)2-7(10)3-6/h1-3H,4,11H2. The van der Waals surface area contributed by atoms with Crippen molar-refractivity contribution in [3.63, 3.8) is 0 Å². The van der Waals surface area contributed by atoms with E-state index < -0.39 is 0 Å². The molecular formula is C8H7ClINO. The van der Waals surface area contributed by atoms with Crippen LogP contribution in [0.2, 0.25) is 5.02 Å². The van der Waals surface area contributed by atoms with Crippen molar-refractivity contribution in [1.82, 2.24) is 0 Å². The average molecular weight is 296 g/mol. The van der Waals surface area contributed by atoms with Crippen molar-refractivity contribution in [1.29, 1.82) is 0 Å². The first-order valence-corrected chi connectivity index (χ1v) is 4.78. The second kappa shape index (κ2) is 4.20. The number of Topliss-reactive ketones (excluding diaryl/α,β-unsaturated/α-hetero) is 1. The highest BCUT2D eigenvalue weighted by molar-refractivity contribution is 14.1. The van der Waals surface area contributed by atoms with E-state index in [9.17, 15) is 4.79 Å². The first-order valence-electron chi connectivity index (χ1n) is 3.33. The van der Waals surface area contributed by atoms with Crippen molar-refractivity contribution >= 4 is 40.0 Å². The topological polar surface area (TPSA) is 43.1 Å². The zero-order chi connectivity index (χ0) is 9.14. The molecule has 2 nitrogen and oxygen atoms in total. The van der Waals surface area contributed by atoms with Gasteiger partial charge in [-0.2, -0.15) is 0 Å². The Hall–Kier alpha value is -0.130. The Morgan fingerprint density at radius 2 is 2.17 bits per heavy atom. The molecule has 0 bridgehead atoms. The highest BCUT2D eigenvalue weighted by atomic mass is 127. The van der Waals surface area contributed by atoms with Gasteiger partial charge in [-0.3, -0.25) is 4.79 Å². The zero-order valence-electron chi connectivity index (χ0n) is 6.18. The normalized spacial score (nSPS) is 9.92. The first-order chi connectivity index (χ1) is 5.63. The van der Waals surface area contributed by atoms with Gasteiger partial charge in [-0.05, 0) is 40.8 Å². The molecule has 1 aromatic rings. The Balaban J connectivity index is 3.08. The highest BCUT2D eigenvalue weighted by Gasteiger charge is 2.04. The van der Waals surface area contributed by atoms with Gasteiger partial charge in [0.15, 0.2) is 5.78 Å². The molecule has 0 atom stereocenters. The van der Waals surface area contributed by atoms with Gasteiger partial charge >= 0.3 is 0 Å². The minimum Gasteiger partial charge on any atom is -0.324 e. The fraction of sp³-hybridized carbons (Fsp3) is 0.125. The lowest BCUT2D eigenvalue weighted by atomic mass is 10.1. The lowest BCUT2D eigenvalue weighted by Gasteiger charge is -1.99. The number of carbonyl (C=O) groups is 1. The van der Waals surface area contributed by atoms with Gasteiger partial charge in [0.25, 0.3) is 0 Å². The Bertz CT molecular complexity index is 294. The van der Waals surface area contributed by atoms with Crippen molar-refractivity contribution < 1.29 is 4.79 Å². The van der Waals surface area contributed by atoms with Crippen LogP contribution in [0.4, 0.5) is 0 Å². The van der Waals surface area contributed by atoms with Gasteiger partial charge in [-0.1, -0.05) is 11.6 Å². The summed E-state index contributed by atoms with van der Waals surface area (Å²) in [6.45, 7) is 0.0242. The third kappa shape index (κ3) is 2.43. The van der Waals surface area contributed by atoms with Crippen LogP contribution in [0, 0.1) is 3.57 Å². The van der Waals surface area contributed by atoms with E-state index in [0.717, 1.165) is 3.57 Å². The molecular weight excluding hydrogens is 288 g/mol. The molecule has 0 fully saturated rings. The lowest BCUT2D eigenvalue weighted by Crippen LogP contribution is -2.13. The van der Waals surface area contributed by atoms with Gasteiger partial charge in [-0.15, -0.1) is 0 Å². The van der Waals surface area contributed by atoms with Crippen molar-refractivity contribution in [3.8, 4) is 0 Å². The number of hydrogen-bond donors (Lipinski definition) is 1. The molecule has 4 heteroatoms. The summed E-state index contributed by atoms with van der Waals surface area (Å²) in [4.78, 5) is 11.1. The van der Waals surface area contributed by atoms with Crippen molar-refractivity contribution in [3.05, 3.63) is 32.4 Å². The summed E-state index contributed by atoms with van der Waals surface area (Å²) >= 11 is 7.86. The molecule has 2 N–H and O–H groups in total. The maximum absolute atomic E-state index is 11.1. The number of rotatable bonds is 2. The monoisotopic (exact) mass is 295 g/mol. The average Bonchev–Trinajstić information content (AvgIpc) is 2.01. The molecule has 0 saturated heterocycles. The van der Waals surface area contributed by atoms with E-state index >= 15 is 0 Å². The van der Waals surface area contributed by atoms with Crippen LogP contribution in [-0.2, 0) is 0 Å². The van der Waals surface area contributed by atoms with E-state index in [4.69, 9.17) is 17.3 Å². The van der Waals surface area contributed by atoms with Gasteiger partial charge in [-0.25, -0.2) is 0 Å². The van der Waals surface area contributed by atoms with Crippen LogP contribution in [0.5, 0.6) is 0 Å². The molecule has 0 aliphatic rings. The molecule has 0 radical (unpaired) electrons. The van der Waals surface area contributed by atoms with Gasteiger partial charge in [0.2, 0.25) is 0 Å². The Kier molecular flexibility index (Phi) is 3.49. The third-order valence-electron chi connectivity index (χ3n) is 1.37. The van der Waals surface area contributed by atoms with E-state index in [-0.39, 0.29) is 12.3 Å². The van der Waals surface area contributed by atoms with E-state index in [1.165, 1.54) is 0 Å². The molecule has 1 rings (SSSR count). The molecule has 0 saturated carbocycles. The molecule has 0 heterocycles. The Morgan fingerprint density at radius 3 is 2.67 bits per heavy atom. The van der Waals surface area contributed by atoms with Crippen LogP contribution in [0.25, 0.3) is 0 Å². The van der Waals surface area contributed by atoms with Crippen LogP contribution in [0.1, 0.15) is 10.4 Å². The minimum absolute atomic E-state index is 0.0242. The fourth-order valence-electron chi connectivity index (χ4n) is 0.833. The second-order valence-electron chi connectivity index (χ2n) is 2.29. The molecule has 0 aliphatic carbocycles. The van der Waals surface area contributed by atoms with Gasteiger partial charge < -0.3 is 5.73 Å². The molecule has 0 spiro atoms. The van der Waals surface area contributed by atoms with Gasteiger partial charge in [0.1, 0.15) is 0 Å². The van der Waals surface area contributed by atoms with E-state index in [2.05, 4.69) is 22.6 Å². The Labute approximate surface area is 89.2 Å². The molecule has 0 unspecified atom stereocenters. The van der Waals surface area contributed by atoms with Crippen molar-refractivity contribution in [2.75, 3.05) is 6.54 Å². The number of halogens is 2. The first kappa shape index (κ1) is 9.95. The lowest BCUT2D eigenvalue weighted by molar-refractivity contribution is 0.100. The summed E-state index contributed by atoms with van der Waals surface area (Å²) in [6, 6.07) is 5.18. The van der Waals surface area contributed by atoms with E-state index in [1.807, 2.05) is 0 Å². The summed E-state index contributed by atoms with van der Waals surface area (Å²) < 4.78 is 0.942. The van der Waals surface area contributed by atoms with Crippen molar-refractivity contribution in [2.45, 2.75) is 0 Å². The predicted molar refractivity (Wildman–Crippen MR) is 57.6 cm³/mol. The Morgan fingerprint density at radius 1 is 1.50 bits per heavy atom. The number of benzene rings is 1. The number of carbonyl (C=O) groups excluding carboxylic acids is 1. The quantitative estimate of drug-likeness (QED) is 0.670. The summed E-state index contributed by atoms with van der Waals surface area (Å²) in [6.07, 6.45) is 0. The largest absolute Gasteiger partial charge is 0.324 e. The highest BCUT2D eigenvalue weighted by Crippen LogP contribution is 2.16. The predicted octanol–water partition coefficient (Wildman–Crippen LogP) is 2.09. The van der Waals surface area contributed by atoms with Crippen molar-refractivity contribution in [2.24, 2.45) is 5.73 Å². The number of nitrogens with two attached hydrogens (primary N) is 1. The number of ketones is 1. The van der Waals surface area contributed by atoms with E-state index in [1.54, 1.807) is 18.2 Å². The smallest absolute Gasteiger partial charge is 0.176 e. The van der Waals surface area contributed by atoms with Gasteiger partial charge in [0.05, 0.1) is 6.54 Å². The summed E-state index contributed by atoms with van der Waals surface area (Å²) in [7, 11) is 0. The van der Waals surface area contributed by atoms with Crippen LogP contribution < -0.4 is 5.73 Å². The maximum Gasteiger partial charge on any atom is 0.176 e. The molecule has 1 aromatic carbocycles. The second-order valence-corrected chi connectivity index (χ2v) is 3.97. The SMILES string of the molecule is NCC(=O)c1cc(Cl)cc(I)c1. The fourth-order valence-corrected chi connectivity index (χ4v) is 1.92. The summed E-state index contributed by atoms with van der Waals surface area (Å²) in [5.41, 5.74) is 5.79. The van der Waals surface area contributed by atoms with E-state index in [0.29, 0.717) is 10.6 Å². The van der Waals surface area contributed by atoms with Crippen LogP contribution in [0.15, 0.2) is 18.2 Å². The minimum atomic E-state index is -0.0876. The molecule has 0 amide bonds. The molecule has 0 aliphatic heterocycles. The number of hydrogen-bond acceptors (Lipinski definition) is 2. The van der Waals surface area contributed by atoms with Crippen LogP contribution in [-0.4, -0.2) is 12.3 Å². The van der Waals surface area contributed by atoms with Crippen LogP contribution in [0.3, 0.4) is 0 Å². The molecule has 64 valence electrons. The van der Waals surface area contributed by atoms with Crippen LogP contribution >= 0.6 is 34.2 Å². The molecule has 12 heavy (non-hydrogen) atoms. The summed E-state index contributed by atoms with van der Waals surface area (Å²) in [5.74, 6) is -0.0876. The zero-order valence-corrected chi connectivity index (χ0v) is 9.09. The van der Waals surface area contributed by atoms with Gasteiger partial charge in [0, 0.05) is 14.2 Å². The summed E-state index contributed by atoms with van der Waals surface area (Å²) in [5, 5.41) is 0.568. The maximum atomic E-state index is 11.1.